The van der Waals surface area contributed by atoms with E-state index in [-0.39, 0.29) is 36.0 Å². The molecule has 5 aromatic rings. The van der Waals surface area contributed by atoms with Crippen LogP contribution in [-0.4, -0.2) is 30.5 Å². The van der Waals surface area contributed by atoms with Crippen LogP contribution in [0.1, 0.15) is 29.1 Å². The van der Waals surface area contributed by atoms with Crippen molar-refractivity contribution in [2.75, 3.05) is 5.73 Å². The number of nitrogens with zero attached hydrogens (tertiary/aromatic N) is 5. The molecule has 1 atom stereocenters. The van der Waals surface area contributed by atoms with Crippen LogP contribution in [0.15, 0.2) is 65.3 Å². The summed E-state index contributed by atoms with van der Waals surface area (Å²) >= 11 is 0. The number of aromatic nitrogens is 5. The Morgan fingerprint density at radius 3 is 2.74 bits per heavy atom. The number of halogens is 1. The van der Waals surface area contributed by atoms with Gasteiger partial charge in [-0.2, -0.15) is 4.52 Å². The maximum absolute atomic E-state index is 12.8. The van der Waals surface area contributed by atoms with Crippen molar-refractivity contribution < 1.29 is 9.21 Å². The van der Waals surface area contributed by atoms with Gasteiger partial charge >= 0.3 is 0 Å². The lowest BCUT2D eigenvalue weighted by atomic mass is 10.1. The van der Waals surface area contributed by atoms with Crippen LogP contribution >= 0.6 is 12.4 Å². The molecular formula is C21H18ClN7O2. The molecule has 1 aromatic carbocycles. The highest BCUT2D eigenvalue weighted by molar-refractivity contribution is 5.93. The van der Waals surface area contributed by atoms with Crippen LogP contribution < -0.4 is 11.1 Å². The number of nitrogens with two attached hydrogens (primary N) is 1. The molecule has 31 heavy (non-hydrogen) atoms. The van der Waals surface area contributed by atoms with Gasteiger partial charge in [0, 0.05) is 11.5 Å². The molecule has 0 saturated carbocycles. The van der Waals surface area contributed by atoms with E-state index in [1.807, 2.05) is 43.3 Å². The molecular weight excluding hydrogens is 418 g/mol. The fourth-order valence-electron chi connectivity index (χ4n) is 3.21. The average Bonchev–Trinajstić information content (AvgIpc) is 3.43. The summed E-state index contributed by atoms with van der Waals surface area (Å²) in [7, 11) is 0. The number of anilines is 1. The predicted octanol–water partition coefficient (Wildman–Crippen LogP) is 3.43. The Kier molecular flexibility index (Phi) is 5.26. The lowest BCUT2D eigenvalue weighted by Crippen LogP contribution is -2.28. The van der Waals surface area contributed by atoms with Crippen molar-refractivity contribution in [2.45, 2.75) is 13.0 Å². The number of hydrogen-bond donors (Lipinski definition) is 2. The quantitative estimate of drug-likeness (QED) is 0.443. The molecule has 0 aliphatic heterocycles. The zero-order valence-electron chi connectivity index (χ0n) is 16.4. The largest absolute Gasteiger partial charge is 0.461 e. The molecule has 0 fully saturated rings. The summed E-state index contributed by atoms with van der Waals surface area (Å²) in [5.41, 5.74) is 8.15. The highest BCUT2D eigenvalue weighted by Crippen LogP contribution is 2.19. The van der Waals surface area contributed by atoms with Gasteiger partial charge in [-0.25, -0.2) is 9.97 Å². The second-order valence-electron chi connectivity index (χ2n) is 6.81. The highest BCUT2D eigenvalue weighted by Gasteiger charge is 2.18. The Bertz CT molecular complexity index is 1380. The Hall–Kier alpha value is -3.98. The van der Waals surface area contributed by atoms with Crippen LogP contribution in [0.25, 0.3) is 28.1 Å². The molecule has 0 saturated heterocycles. The lowest BCUT2D eigenvalue weighted by Gasteiger charge is -2.14. The maximum atomic E-state index is 12.8. The second-order valence-corrected chi connectivity index (χ2v) is 6.81. The minimum Gasteiger partial charge on any atom is -0.461 e. The number of para-hydroxylation sites is 1. The van der Waals surface area contributed by atoms with E-state index in [0.717, 1.165) is 16.6 Å². The van der Waals surface area contributed by atoms with Crippen molar-refractivity contribution in [1.82, 2.24) is 29.9 Å². The van der Waals surface area contributed by atoms with Gasteiger partial charge in [-0.15, -0.1) is 17.5 Å². The molecule has 0 aliphatic rings. The first-order valence-corrected chi connectivity index (χ1v) is 9.32. The van der Waals surface area contributed by atoms with Gasteiger partial charge in [0.15, 0.2) is 11.4 Å². The van der Waals surface area contributed by atoms with Gasteiger partial charge < -0.3 is 15.5 Å². The monoisotopic (exact) mass is 435 g/mol. The number of carbonyl (C=O) groups is 1. The number of carbonyl (C=O) groups excluding carboxylic acids is 1. The van der Waals surface area contributed by atoms with E-state index in [4.69, 9.17) is 10.2 Å². The fraction of sp³-hybridized carbons (Fsp3) is 0.0952. The third-order valence-electron chi connectivity index (χ3n) is 4.74. The number of benzene rings is 1. The number of hydrogen-bond acceptors (Lipinski definition) is 7. The number of nitrogen functional groups attached to an aromatic ring is 1. The molecule has 0 aliphatic carbocycles. The molecule has 4 heterocycles. The van der Waals surface area contributed by atoms with E-state index in [9.17, 15) is 4.79 Å². The number of rotatable bonds is 4. The number of fused-ring (bicyclic) bond motifs is 2. The standard InChI is InChI=1S/C21H17N7O2.ClH/c1-12(14-9-8-13-5-2-3-6-15(13)24-14)23-20(29)16-11-18-26-19(17-7-4-10-30-17)27-28(18)21(22)25-16;/h2-12H,1H3,(H2,22,25)(H,23,29);1H. The first kappa shape index (κ1) is 20.3. The SMILES string of the molecule is CC(NC(=O)c1cc2nc(-c3ccco3)nn2c(N)n1)c1ccc2ccccc2n1.Cl. The number of furan rings is 1. The first-order valence-electron chi connectivity index (χ1n) is 9.32. The molecule has 0 spiro atoms. The molecule has 3 N–H and O–H groups in total. The zero-order chi connectivity index (χ0) is 20.7. The lowest BCUT2D eigenvalue weighted by molar-refractivity contribution is 0.0934. The Balaban J connectivity index is 0.00000231. The topological polar surface area (TPSA) is 124 Å². The Morgan fingerprint density at radius 1 is 1.10 bits per heavy atom. The van der Waals surface area contributed by atoms with Crippen molar-refractivity contribution in [3.8, 4) is 11.6 Å². The van der Waals surface area contributed by atoms with Gasteiger partial charge in [-0.05, 0) is 31.2 Å². The fourth-order valence-corrected chi connectivity index (χ4v) is 3.21. The van der Waals surface area contributed by atoms with E-state index in [2.05, 4.69) is 25.4 Å². The number of pyridine rings is 1. The molecule has 0 radical (unpaired) electrons. The molecule has 0 bridgehead atoms. The van der Waals surface area contributed by atoms with E-state index < -0.39 is 0 Å². The van der Waals surface area contributed by atoms with Crippen molar-refractivity contribution in [2.24, 2.45) is 0 Å². The van der Waals surface area contributed by atoms with Crippen LogP contribution in [0.2, 0.25) is 0 Å². The van der Waals surface area contributed by atoms with E-state index >= 15 is 0 Å². The van der Waals surface area contributed by atoms with E-state index in [0.29, 0.717) is 17.2 Å². The van der Waals surface area contributed by atoms with Crippen LogP contribution in [0, 0.1) is 0 Å². The molecule has 4 aromatic heterocycles. The van der Waals surface area contributed by atoms with E-state index in [1.54, 1.807) is 12.1 Å². The van der Waals surface area contributed by atoms with Gasteiger partial charge in [0.1, 0.15) is 5.69 Å². The van der Waals surface area contributed by atoms with Crippen molar-refractivity contribution in [3.05, 3.63) is 72.2 Å². The molecule has 156 valence electrons. The van der Waals surface area contributed by atoms with Crippen LogP contribution in [0.5, 0.6) is 0 Å². The zero-order valence-corrected chi connectivity index (χ0v) is 17.2. The van der Waals surface area contributed by atoms with Crippen molar-refractivity contribution >= 4 is 40.8 Å². The maximum Gasteiger partial charge on any atom is 0.270 e. The van der Waals surface area contributed by atoms with Crippen LogP contribution in [0.3, 0.4) is 0 Å². The first-order chi connectivity index (χ1) is 14.6. The number of amides is 1. The Morgan fingerprint density at radius 2 is 1.94 bits per heavy atom. The third kappa shape index (κ3) is 3.78. The minimum absolute atomic E-state index is 0. The summed E-state index contributed by atoms with van der Waals surface area (Å²) in [6.07, 6.45) is 1.53. The highest BCUT2D eigenvalue weighted by atomic mass is 35.5. The summed E-state index contributed by atoms with van der Waals surface area (Å²) in [4.78, 5) is 26.0. The minimum atomic E-state index is -0.380. The molecule has 5 rings (SSSR count). The van der Waals surface area contributed by atoms with Gasteiger partial charge in [-0.3, -0.25) is 9.78 Å². The van der Waals surface area contributed by atoms with Gasteiger partial charge in [0.05, 0.1) is 23.5 Å². The molecule has 9 nitrogen and oxygen atoms in total. The normalized spacial score (nSPS) is 11.9. The summed E-state index contributed by atoms with van der Waals surface area (Å²) in [5.74, 6) is 0.536. The van der Waals surface area contributed by atoms with Gasteiger partial charge in [0.2, 0.25) is 11.8 Å². The van der Waals surface area contributed by atoms with E-state index in [1.165, 1.54) is 16.8 Å². The molecule has 10 heteroatoms. The van der Waals surface area contributed by atoms with Crippen LogP contribution in [-0.2, 0) is 0 Å². The number of nitrogens with one attached hydrogen (secondary N) is 1. The van der Waals surface area contributed by atoms with Crippen molar-refractivity contribution in [3.63, 3.8) is 0 Å². The van der Waals surface area contributed by atoms with Gasteiger partial charge in [-0.1, -0.05) is 24.3 Å². The Labute approximate surface area is 182 Å². The van der Waals surface area contributed by atoms with Gasteiger partial charge in [0.25, 0.3) is 5.91 Å². The van der Waals surface area contributed by atoms with Crippen LogP contribution in [0.4, 0.5) is 5.95 Å². The van der Waals surface area contributed by atoms with Crippen molar-refractivity contribution in [1.29, 1.82) is 0 Å². The summed E-state index contributed by atoms with van der Waals surface area (Å²) < 4.78 is 6.68. The smallest absolute Gasteiger partial charge is 0.270 e. The average molecular weight is 436 g/mol. The summed E-state index contributed by atoms with van der Waals surface area (Å²) in [5, 5.41) is 8.22. The second kappa shape index (κ2) is 8.04. The third-order valence-corrected chi connectivity index (χ3v) is 4.74. The summed E-state index contributed by atoms with van der Waals surface area (Å²) in [6.45, 7) is 1.86. The summed E-state index contributed by atoms with van der Waals surface area (Å²) in [6, 6.07) is 16.4. The predicted molar refractivity (Wildman–Crippen MR) is 118 cm³/mol. The molecule has 1 amide bonds. The molecule has 1 unspecified atom stereocenters.